The van der Waals surface area contributed by atoms with Gasteiger partial charge in [-0.15, -0.1) is 0 Å². The number of hydrogen-bond donors (Lipinski definition) is 1. The standard InChI is InChI=1S/C17H22ClN3/c1-4-6-14-16(13-8-7-12(3)15(18)10-13)20-11-21-17(14)19-9-5-2/h7-8,10-11H,4-6,9H2,1-3H3,(H,19,20,21). The molecule has 0 aliphatic rings. The molecule has 4 heteroatoms. The van der Waals surface area contributed by atoms with Gasteiger partial charge in [-0.3, -0.25) is 0 Å². The van der Waals surface area contributed by atoms with Gasteiger partial charge in [0.2, 0.25) is 0 Å². The third kappa shape index (κ3) is 3.73. The molecule has 0 saturated carbocycles. The number of aryl methyl sites for hydroxylation is 1. The minimum atomic E-state index is 0.775. The van der Waals surface area contributed by atoms with Crippen molar-refractivity contribution in [3.05, 3.63) is 40.7 Å². The number of anilines is 1. The second-order valence-corrected chi connectivity index (χ2v) is 5.60. The Morgan fingerprint density at radius 1 is 1.14 bits per heavy atom. The molecule has 0 unspecified atom stereocenters. The van der Waals surface area contributed by atoms with Crippen molar-refractivity contribution in [2.75, 3.05) is 11.9 Å². The second-order valence-electron chi connectivity index (χ2n) is 5.19. The van der Waals surface area contributed by atoms with Crippen LogP contribution in [0.25, 0.3) is 11.3 Å². The molecule has 2 aromatic rings. The highest BCUT2D eigenvalue weighted by molar-refractivity contribution is 6.31. The van der Waals surface area contributed by atoms with Gasteiger partial charge >= 0.3 is 0 Å². The van der Waals surface area contributed by atoms with Gasteiger partial charge in [0.15, 0.2) is 0 Å². The smallest absolute Gasteiger partial charge is 0.133 e. The van der Waals surface area contributed by atoms with E-state index in [4.69, 9.17) is 11.6 Å². The summed E-state index contributed by atoms with van der Waals surface area (Å²) < 4.78 is 0. The average molecular weight is 304 g/mol. The first-order chi connectivity index (χ1) is 10.2. The summed E-state index contributed by atoms with van der Waals surface area (Å²) in [5.74, 6) is 0.945. The molecule has 0 aliphatic carbocycles. The summed E-state index contributed by atoms with van der Waals surface area (Å²) in [5.41, 5.74) is 4.28. The molecule has 1 heterocycles. The SMILES string of the molecule is CCCNc1ncnc(-c2ccc(C)c(Cl)c2)c1CCC. The van der Waals surface area contributed by atoms with Gasteiger partial charge in [-0.2, -0.15) is 0 Å². The van der Waals surface area contributed by atoms with E-state index in [1.54, 1.807) is 6.33 Å². The lowest BCUT2D eigenvalue weighted by Crippen LogP contribution is -2.07. The van der Waals surface area contributed by atoms with E-state index in [0.717, 1.165) is 53.5 Å². The van der Waals surface area contributed by atoms with Gasteiger partial charge in [0.1, 0.15) is 12.1 Å². The van der Waals surface area contributed by atoms with Crippen molar-refractivity contribution in [2.45, 2.75) is 40.0 Å². The van der Waals surface area contributed by atoms with Crippen LogP contribution in [0.3, 0.4) is 0 Å². The highest BCUT2D eigenvalue weighted by Gasteiger charge is 2.13. The van der Waals surface area contributed by atoms with Crippen LogP contribution in [0.2, 0.25) is 5.02 Å². The lowest BCUT2D eigenvalue weighted by atomic mass is 10.0. The van der Waals surface area contributed by atoms with Crippen molar-refractivity contribution >= 4 is 17.4 Å². The van der Waals surface area contributed by atoms with Gasteiger partial charge in [-0.05, 0) is 31.4 Å². The summed E-state index contributed by atoms with van der Waals surface area (Å²) in [6.45, 7) is 7.24. The Labute approximate surface area is 131 Å². The van der Waals surface area contributed by atoms with Crippen LogP contribution < -0.4 is 5.32 Å². The van der Waals surface area contributed by atoms with Crippen LogP contribution in [0, 0.1) is 6.92 Å². The molecule has 0 fully saturated rings. The largest absolute Gasteiger partial charge is 0.370 e. The number of aromatic nitrogens is 2. The quantitative estimate of drug-likeness (QED) is 0.826. The van der Waals surface area contributed by atoms with E-state index in [0.29, 0.717) is 0 Å². The van der Waals surface area contributed by atoms with E-state index in [1.165, 1.54) is 5.56 Å². The Hall–Kier alpha value is -1.61. The Balaban J connectivity index is 2.48. The van der Waals surface area contributed by atoms with Crippen LogP contribution in [0.4, 0.5) is 5.82 Å². The van der Waals surface area contributed by atoms with E-state index < -0.39 is 0 Å². The summed E-state index contributed by atoms with van der Waals surface area (Å²) in [6.07, 6.45) is 4.70. The molecule has 0 saturated heterocycles. The molecule has 0 aliphatic heterocycles. The van der Waals surface area contributed by atoms with Crippen molar-refractivity contribution in [1.82, 2.24) is 9.97 Å². The number of halogens is 1. The van der Waals surface area contributed by atoms with E-state index in [2.05, 4.69) is 35.2 Å². The van der Waals surface area contributed by atoms with Crippen molar-refractivity contribution in [2.24, 2.45) is 0 Å². The van der Waals surface area contributed by atoms with Crippen molar-refractivity contribution < 1.29 is 0 Å². The number of benzene rings is 1. The molecule has 0 amide bonds. The topological polar surface area (TPSA) is 37.8 Å². The molecule has 21 heavy (non-hydrogen) atoms. The zero-order chi connectivity index (χ0) is 15.2. The molecule has 1 aromatic heterocycles. The summed E-state index contributed by atoms with van der Waals surface area (Å²) in [7, 11) is 0. The Kier molecular flexibility index (Phi) is 5.57. The van der Waals surface area contributed by atoms with Gasteiger partial charge < -0.3 is 5.32 Å². The number of nitrogens with one attached hydrogen (secondary N) is 1. The summed E-state index contributed by atoms with van der Waals surface area (Å²) in [6, 6.07) is 6.10. The fourth-order valence-electron chi connectivity index (χ4n) is 2.28. The predicted octanol–water partition coefficient (Wildman–Crippen LogP) is 4.88. The van der Waals surface area contributed by atoms with Crippen LogP contribution in [0.5, 0.6) is 0 Å². The molecule has 1 aromatic carbocycles. The maximum Gasteiger partial charge on any atom is 0.133 e. The molecule has 2 rings (SSSR count). The maximum atomic E-state index is 6.26. The molecule has 0 spiro atoms. The molecular weight excluding hydrogens is 282 g/mol. The van der Waals surface area contributed by atoms with E-state index in [9.17, 15) is 0 Å². The van der Waals surface area contributed by atoms with Crippen LogP contribution in [-0.4, -0.2) is 16.5 Å². The normalized spacial score (nSPS) is 10.7. The highest BCUT2D eigenvalue weighted by atomic mass is 35.5. The van der Waals surface area contributed by atoms with Gasteiger partial charge in [0.05, 0.1) is 5.69 Å². The minimum absolute atomic E-state index is 0.775. The Morgan fingerprint density at radius 2 is 1.95 bits per heavy atom. The summed E-state index contributed by atoms with van der Waals surface area (Å²) in [5, 5.41) is 4.17. The van der Waals surface area contributed by atoms with Crippen LogP contribution in [0.15, 0.2) is 24.5 Å². The van der Waals surface area contributed by atoms with Crippen molar-refractivity contribution in [3.8, 4) is 11.3 Å². The molecule has 1 N–H and O–H groups in total. The van der Waals surface area contributed by atoms with Crippen molar-refractivity contribution in [1.29, 1.82) is 0 Å². The fraction of sp³-hybridized carbons (Fsp3) is 0.412. The maximum absolute atomic E-state index is 6.26. The molecule has 3 nitrogen and oxygen atoms in total. The second kappa shape index (κ2) is 7.41. The highest BCUT2D eigenvalue weighted by Crippen LogP contribution is 2.29. The summed E-state index contributed by atoms with van der Waals surface area (Å²) >= 11 is 6.26. The predicted molar refractivity (Wildman–Crippen MR) is 90.0 cm³/mol. The Morgan fingerprint density at radius 3 is 2.62 bits per heavy atom. The number of hydrogen-bond acceptors (Lipinski definition) is 3. The molecule has 112 valence electrons. The summed E-state index contributed by atoms with van der Waals surface area (Å²) in [4.78, 5) is 8.90. The first-order valence-corrected chi connectivity index (χ1v) is 7.89. The van der Waals surface area contributed by atoms with Crippen LogP contribution in [0.1, 0.15) is 37.8 Å². The lowest BCUT2D eigenvalue weighted by Gasteiger charge is -2.14. The van der Waals surface area contributed by atoms with E-state index in [-0.39, 0.29) is 0 Å². The molecule has 0 radical (unpaired) electrons. The van der Waals surface area contributed by atoms with Gasteiger partial charge in [-0.25, -0.2) is 9.97 Å². The molecule has 0 atom stereocenters. The van der Waals surface area contributed by atoms with Crippen LogP contribution >= 0.6 is 11.6 Å². The van der Waals surface area contributed by atoms with Gasteiger partial charge in [-0.1, -0.05) is 44.0 Å². The zero-order valence-electron chi connectivity index (χ0n) is 12.9. The van der Waals surface area contributed by atoms with Gasteiger partial charge in [0.25, 0.3) is 0 Å². The monoisotopic (exact) mass is 303 g/mol. The minimum Gasteiger partial charge on any atom is -0.370 e. The van der Waals surface area contributed by atoms with Crippen LogP contribution in [-0.2, 0) is 6.42 Å². The van der Waals surface area contributed by atoms with E-state index >= 15 is 0 Å². The molecule has 0 bridgehead atoms. The van der Waals surface area contributed by atoms with Gasteiger partial charge in [0, 0.05) is 22.7 Å². The van der Waals surface area contributed by atoms with Crippen molar-refractivity contribution in [3.63, 3.8) is 0 Å². The first kappa shape index (κ1) is 15.8. The first-order valence-electron chi connectivity index (χ1n) is 7.51. The lowest BCUT2D eigenvalue weighted by molar-refractivity contribution is 0.892. The zero-order valence-corrected chi connectivity index (χ0v) is 13.7. The fourth-order valence-corrected chi connectivity index (χ4v) is 2.46. The third-order valence-corrected chi connectivity index (χ3v) is 3.84. The number of rotatable bonds is 6. The average Bonchev–Trinajstić information content (AvgIpc) is 2.49. The Bertz CT molecular complexity index is 611. The molecular formula is C17H22ClN3. The third-order valence-electron chi connectivity index (χ3n) is 3.43. The number of nitrogens with zero attached hydrogens (tertiary/aromatic N) is 2. The van der Waals surface area contributed by atoms with E-state index in [1.807, 2.05) is 19.1 Å².